The van der Waals surface area contributed by atoms with Crippen LogP contribution in [0.25, 0.3) is 11.0 Å². The summed E-state index contributed by atoms with van der Waals surface area (Å²) in [5, 5.41) is 13.8. The Morgan fingerprint density at radius 3 is 2.36 bits per heavy atom. The molecule has 3 rings (SSSR count). The molecule has 3 heterocycles. The minimum absolute atomic E-state index is 0.0822. The molecular formula is C17H25ClN4. The van der Waals surface area contributed by atoms with Crippen molar-refractivity contribution >= 4 is 22.6 Å². The van der Waals surface area contributed by atoms with Gasteiger partial charge in [0.2, 0.25) is 0 Å². The Bertz CT molecular complexity index is 719. The normalized spacial score (nSPS) is 19.5. The van der Waals surface area contributed by atoms with Gasteiger partial charge >= 0.3 is 0 Å². The van der Waals surface area contributed by atoms with Crippen LogP contribution in [0.4, 0.5) is 0 Å². The standard InChI is InChI=1S/C17H25ClN4/c1-16(2,3)12-11-10-9(20-15(11)22-21-14(12)18)7-8-19-13(10)17(4,5)6/h13,19H,7-8H2,1-6H3,(H,20,22). The molecule has 0 radical (unpaired) electrons. The Labute approximate surface area is 137 Å². The predicted octanol–water partition coefficient (Wildman–Crippen LogP) is 4.14. The number of nitrogens with zero attached hydrogens (tertiary/aromatic N) is 2. The fourth-order valence-electron chi connectivity index (χ4n) is 3.51. The van der Waals surface area contributed by atoms with Crippen molar-refractivity contribution in [3.8, 4) is 0 Å². The van der Waals surface area contributed by atoms with Crippen LogP contribution in [0.15, 0.2) is 0 Å². The van der Waals surface area contributed by atoms with Crippen molar-refractivity contribution in [1.29, 1.82) is 0 Å². The highest BCUT2D eigenvalue weighted by Gasteiger charge is 2.36. The summed E-state index contributed by atoms with van der Waals surface area (Å²) in [6, 6.07) is 0.284. The molecule has 5 heteroatoms. The number of fused-ring (bicyclic) bond motifs is 3. The second kappa shape index (κ2) is 4.93. The second-order valence-electron chi connectivity index (χ2n) is 8.36. The molecule has 1 unspecified atom stereocenters. The van der Waals surface area contributed by atoms with Gasteiger partial charge in [-0.05, 0) is 10.8 Å². The molecule has 2 aromatic heterocycles. The Morgan fingerprint density at radius 1 is 1.09 bits per heavy atom. The molecule has 0 fully saturated rings. The molecule has 0 aromatic carbocycles. The van der Waals surface area contributed by atoms with Gasteiger partial charge in [-0.25, -0.2) is 0 Å². The van der Waals surface area contributed by atoms with E-state index in [-0.39, 0.29) is 16.9 Å². The number of hydrogen-bond acceptors (Lipinski definition) is 3. The maximum Gasteiger partial charge on any atom is 0.160 e. The third-order valence-corrected chi connectivity index (χ3v) is 4.69. The van der Waals surface area contributed by atoms with Crippen LogP contribution in [0.2, 0.25) is 5.15 Å². The van der Waals surface area contributed by atoms with E-state index < -0.39 is 0 Å². The summed E-state index contributed by atoms with van der Waals surface area (Å²) >= 11 is 6.44. The van der Waals surface area contributed by atoms with Crippen molar-refractivity contribution in [2.24, 2.45) is 5.41 Å². The Kier molecular flexibility index (Phi) is 3.53. The predicted molar refractivity (Wildman–Crippen MR) is 91.5 cm³/mol. The first kappa shape index (κ1) is 15.8. The van der Waals surface area contributed by atoms with Crippen molar-refractivity contribution < 1.29 is 0 Å². The molecule has 2 N–H and O–H groups in total. The molecule has 1 atom stereocenters. The quantitative estimate of drug-likeness (QED) is 0.767. The summed E-state index contributed by atoms with van der Waals surface area (Å²) in [5.41, 5.74) is 4.59. The molecule has 0 saturated carbocycles. The average molecular weight is 321 g/mol. The highest BCUT2D eigenvalue weighted by Crippen LogP contribution is 2.44. The van der Waals surface area contributed by atoms with E-state index >= 15 is 0 Å². The number of aromatic nitrogens is 3. The lowest BCUT2D eigenvalue weighted by Crippen LogP contribution is -2.37. The zero-order valence-corrected chi connectivity index (χ0v) is 15.0. The lowest BCUT2D eigenvalue weighted by molar-refractivity contribution is 0.264. The molecule has 0 spiro atoms. The minimum atomic E-state index is -0.0822. The Hall–Kier alpha value is -1.13. The van der Waals surface area contributed by atoms with Crippen LogP contribution in [0.5, 0.6) is 0 Å². The molecular weight excluding hydrogens is 296 g/mol. The van der Waals surface area contributed by atoms with Crippen LogP contribution in [0, 0.1) is 5.41 Å². The molecule has 1 aliphatic rings. The van der Waals surface area contributed by atoms with E-state index in [1.165, 1.54) is 11.3 Å². The first-order valence-electron chi connectivity index (χ1n) is 7.91. The van der Waals surface area contributed by atoms with Crippen LogP contribution < -0.4 is 5.32 Å². The smallest absolute Gasteiger partial charge is 0.160 e. The molecule has 0 amide bonds. The first-order chi connectivity index (χ1) is 10.1. The van der Waals surface area contributed by atoms with E-state index in [0.29, 0.717) is 5.15 Å². The summed E-state index contributed by atoms with van der Waals surface area (Å²) in [6.07, 6.45) is 0.986. The van der Waals surface area contributed by atoms with Crippen molar-refractivity contribution in [2.45, 2.75) is 59.4 Å². The molecule has 120 valence electrons. The molecule has 1 aliphatic heterocycles. The summed E-state index contributed by atoms with van der Waals surface area (Å²) < 4.78 is 0. The van der Waals surface area contributed by atoms with Crippen LogP contribution >= 0.6 is 11.6 Å². The van der Waals surface area contributed by atoms with Gasteiger partial charge in [-0.15, -0.1) is 10.2 Å². The number of H-pyrrole nitrogens is 1. The van der Waals surface area contributed by atoms with Crippen LogP contribution in [0.1, 0.15) is 64.4 Å². The SMILES string of the molecule is CC(C)(C)c1c(Cl)nnc2[nH]c3c(c12)C(C(C)(C)C)NCC3. The van der Waals surface area contributed by atoms with Gasteiger partial charge in [-0.2, -0.15) is 0 Å². The topological polar surface area (TPSA) is 53.6 Å². The van der Waals surface area contributed by atoms with Crippen molar-refractivity contribution in [1.82, 2.24) is 20.5 Å². The Balaban J connectivity index is 2.39. The highest BCUT2D eigenvalue weighted by atomic mass is 35.5. The van der Waals surface area contributed by atoms with Crippen molar-refractivity contribution in [2.75, 3.05) is 6.54 Å². The summed E-state index contributed by atoms with van der Waals surface area (Å²) in [4.78, 5) is 3.49. The lowest BCUT2D eigenvalue weighted by atomic mass is 9.77. The van der Waals surface area contributed by atoms with E-state index in [1.54, 1.807) is 0 Å². The van der Waals surface area contributed by atoms with Gasteiger partial charge in [0.15, 0.2) is 10.8 Å². The molecule has 0 saturated heterocycles. The van der Waals surface area contributed by atoms with Gasteiger partial charge in [-0.1, -0.05) is 53.1 Å². The maximum atomic E-state index is 6.44. The molecule has 2 aromatic rings. The first-order valence-corrected chi connectivity index (χ1v) is 8.29. The van der Waals surface area contributed by atoms with Crippen molar-refractivity contribution in [3.63, 3.8) is 0 Å². The van der Waals surface area contributed by atoms with Gasteiger partial charge in [0.1, 0.15) is 0 Å². The van der Waals surface area contributed by atoms with Gasteiger partial charge in [-0.3, -0.25) is 0 Å². The summed E-state index contributed by atoms with van der Waals surface area (Å²) in [7, 11) is 0. The Morgan fingerprint density at radius 2 is 1.77 bits per heavy atom. The summed E-state index contributed by atoms with van der Waals surface area (Å²) in [5.74, 6) is 0. The van der Waals surface area contributed by atoms with Gasteiger partial charge < -0.3 is 10.3 Å². The third-order valence-electron chi connectivity index (χ3n) is 4.42. The van der Waals surface area contributed by atoms with E-state index in [0.717, 1.165) is 29.6 Å². The maximum absolute atomic E-state index is 6.44. The summed E-state index contributed by atoms with van der Waals surface area (Å²) in [6.45, 7) is 14.3. The van der Waals surface area contributed by atoms with E-state index in [2.05, 4.69) is 62.0 Å². The minimum Gasteiger partial charge on any atom is -0.341 e. The fraction of sp³-hybridized carbons (Fsp3) is 0.647. The molecule has 22 heavy (non-hydrogen) atoms. The average Bonchev–Trinajstić information content (AvgIpc) is 2.74. The van der Waals surface area contributed by atoms with E-state index in [1.807, 2.05) is 0 Å². The number of aromatic amines is 1. The second-order valence-corrected chi connectivity index (χ2v) is 8.72. The lowest BCUT2D eigenvalue weighted by Gasteiger charge is -2.36. The fourth-order valence-corrected chi connectivity index (χ4v) is 3.93. The van der Waals surface area contributed by atoms with Gasteiger partial charge in [0, 0.05) is 41.2 Å². The zero-order chi connectivity index (χ0) is 16.3. The zero-order valence-electron chi connectivity index (χ0n) is 14.3. The molecule has 0 bridgehead atoms. The number of nitrogens with one attached hydrogen (secondary N) is 2. The monoisotopic (exact) mass is 320 g/mol. The number of hydrogen-bond donors (Lipinski definition) is 2. The number of rotatable bonds is 0. The van der Waals surface area contributed by atoms with Gasteiger partial charge in [0.25, 0.3) is 0 Å². The third kappa shape index (κ3) is 2.42. The van der Waals surface area contributed by atoms with Crippen LogP contribution in [-0.2, 0) is 11.8 Å². The van der Waals surface area contributed by atoms with Crippen LogP contribution in [-0.4, -0.2) is 21.7 Å². The van der Waals surface area contributed by atoms with E-state index in [9.17, 15) is 0 Å². The van der Waals surface area contributed by atoms with Crippen LogP contribution in [0.3, 0.4) is 0 Å². The highest BCUT2D eigenvalue weighted by molar-refractivity contribution is 6.31. The van der Waals surface area contributed by atoms with E-state index in [4.69, 9.17) is 11.6 Å². The molecule has 4 nitrogen and oxygen atoms in total. The largest absolute Gasteiger partial charge is 0.341 e. The molecule has 0 aliphatic carbocycles. The number of halogens is 1. The van der Waals surface area contributed by atoms with Crippen molar-refractivity contribution in [3.05, 3.63) is 22.0 Å². The van der Waals surface area contributed by atoms with Gasteiger partial charge in [0.05, 0.1) is 0 Å².